The normalized spacial score (nSPS) is 11.5. The van der Waals surface area contributed by atoms with Crippen LogP contribution < -0.4 is 24.8 Å². The molecule has 0 saturated carbocycles. The van der Waals surface area contributed by atoms with Crippen molar-refractivity contribution in [2.75, 3.05) is 0 Å². The summed E-state index contributed by atoms with van der Waals surface area (Å²) in [6.45, 7) is 0. The molecule has 0 atom stereocenters. The number of rotatable bonds is 1. The molecule has 0 N–H and O–H groups in total. The van der Waals surface area contributed by atoms with Gasteiger partial charge in [-0.15, -0.1) is 63.5 Å². The molecule has 1 aliphatic carbocycles. The molecule has 0 unspecified atom stereocenters. The van der Waals surface area contributed by atoms with Crippen LogP contribution in [0, 0.1) is 6.08 Å². The van der Waals surface area contributed by atoms with Crippen LogP contribution in [0.15, 0.2) is 97.1 Å². The molecule has 0 nitrogen and oxygen atoms in total. The first kappa shape index (κ1) is 23.5. The largest absolute Gasteiger partial charge is 4.00 e. The maximum absolute atomic E-state index is 3.28. The Morgan fingerprint density at radius 2 is 1.19 bits per heavy atom. The molecule has 0 spiro atoms. The van der Waals surface area contributed by atoms with E-state index < -0.39 is 0 Å². The van der Waals surface area contributed by atoms with E-state index in [-0.39, 0.29) is 51.0 Å². The molecule has 0 aliphatic heterocycles. The summed E-state index contributed by atoms with van der Waals surface area (Å²) >= 11 is 0. The van der Waals surface area contributed by atoms with Crippen LogP contribution in [-0.2, 0) is 26.2 Å². The molecule has 5 rings (SSSR count). The first-order chi connectivity index (χ1) is 11.9. The van der Waals surface area contributed by atoms with Crippen LogP contribution >= 0.6 is 0 Å². The van der Waals surface area contributed by atoms with Gasteiger partial charge in [0.2, 0.25) is 0 Å². The quantitative estimate of drug-likeness (QED) is 0.358. The Labute approximate surface area is 192 Å². The number of allylic oxidation sites excluding steroid dienone is 4. The van der Waals surface area contributed by atoms with Crippen molar-refractivity contribution in [3.8, 4) is 0 Å². The summed E-state index contributed by atoms with van der Waals surface area (Å²) in [6, 6.07) is 29.6. The SMILES string of the molecule is [C-]1=C(c2ccccc2)C=CC1.[Cl-].[Cl-].[Zr+4].c1ccc2c(c1)[cH-]c1ccccc12. The first-order valence-electron chi connectivity index (χ1n) is 8.28. The van der Waals surface area contributed by atoms with Gasteiger partial charge in [0, 0.05) is 0 Å². The Balaban J connectivity index is 0.000000246. The van der Waals surface area contributed by atoms with Gasteiger partial charge in [0.05, 0.1) is 0 Å². The van der Waals surface area contributed by atoms with E-state index >= 15 is 0 Å². The Bertz CT molecular complexity index is 980. The van der Waals surface area contributed by atoms with Crippen LogP contribution in [0.1, 0.15) is 12.0 Å². The molecule has 4 aromatic carbocycles. The zero-order valence-electron chi connectivity index (χ0n) is 14.7. The minimum atomic E-state index is 0. The molecule has 0 radical (unpaired) electrons. The Morgan fingerprint density at radius 3 is 1.70 bits per heavy atom. The summed E-state index contributed by atoms with van der Waals surface area (Å²) in [5.74, 6) is 0. The minimum absolute atomic E-state index is 0. The second kappa shape index (κ2) is 11.3. The topological polar surface area (TPSA) is 0 Å². The van der Waals surface area contributed by atoms with Crippen molar-refractivity contribution in [3.63, 3.8) is 0 Å². The van der Waals surface area contributed by atoms with Gasteiger partial charge in [-0.05, 0) is 0 Å². The molecule has 27 heavy (non-hydrogen) atoms. The van der Waals surface area contributed by atoms with Gasteiger partial charge in [-0.25, -0.2) is 0 Å². The molecule has 0 fully saturated rings. The van der Waals surface area contributed by atoms with Crippen LogP contribution in [-0.4, -0.2) is 0 Å². The van der Waals surface area contributed by atoms with Crippen molar-refractivity contribution in [3.05, 3.63) is 109 Å². The zero-order valence-corrected chi connectivity index (χ0v) is 18.7. The van der Waals surface area contributed by atoms with Crippen molar-refractivity contribution in [2.45, 2.75) is 6.42 Å². The Kier molecular flexibility index (Phi) is 9.88. The molecular weight excluding hydrogens is 450 g/mol. The maximum atomic E-state index is 3.28. The van der Waals surface area contributed by atoms with Gasteiger partial charge in [-0.2, -0.15) is 17.7 Å². The third kappa shape index (κ3) is 5.48. The smallest absolute Gasteiger partial charge is 1.00 e. The Morgan fingerprint density at radius 1 is 0.667 bits per heavy atom. The van der Waals surface area contributed by atoms with Crippen molar-refractivity contribution in [1.29, 1.82) is 0 Å². The molecule has 0 aromatic heterocycles. The zero-order chi connectivity index (χ0) is 16.2. The van der Waals surface area contributed by atoms with Gasteiger partial charge in [-0.3, -0.25) is 0 Å². The van der Waals surface area contributed by atoms with Crippen LogP contribution in [0.4, 0.5) is 0 Å². The number of benzene rings is 3. The second-order valence-electron chi connectivity index (χ2n) is 5.88. The number of hydrogen-bond donors (Lipinski definition) is 0. The summed E-state index contributed by atoms with van der Waals surface area (Å²) in [6.07, 6.45) is 8.49. The molecule has 1 aliphatic rings. The van der Waals surface area contributed by atoms with Crippen molar-refractivity contribution in [2.24, 2.45) is 0 Å². The molecule has 0 saturated heterocycles. The summed E-state index contributed by atoms with van der Waals surface area (Å²) < 4.78 is 0. The van der Waals surface area contributed by atoms with Crippen LogP contribution in [0.2, 0.25) is 0 Å². The van der Waals surface area contributed by atoms with Gasteiger partial charge in [0.1, 0.15) is 0 Å². The van der Waals surface area contributed by atoms with E-state index in [0.29, 0.717) is 0 Å². The first-order valence-corrected chi connectivity index (χ1v) is 8.28. The number of halogens is 2. The maximum Gasteiger partial charge on any atom is 4.00 e. The monoisotopic (exact) mass is 466 g/mol. The number of fused-ring (bicyclic) bond motifs is 3. The van der Waals surface area contributed by atoms with Gasteiger partial charge >= 0.3 is 26.2 Å². The predicted octanol–water partition coefficient (Wildman–Crippen LogP) is 0.550. The van der Waals surface area contributed by atoms with Crippen molar-refractivity contribution < 1.29 is 51.0 Å². The summed E-state index contributed by atoms with van der Waals surface area (Å²) in [5, 5.41) is 5.39. The van der Waals surface area contributed by atoms with Gasteiger partial charge in [0.25, 0.3) is 0 Å². The van der Waals surface area contributed by atoms with E-state index in [1.165, 1.54) is 32.7 Å². The molecule has 3 heteroatoms. The van der Waals surface area contributed by atoms with E-state index in [1.54, 1.807) is 0 Å². The molecule has 132 valence electrons. The van der Waals surface area contributed by atoms with Crippen LogP contribution in [0.25, 0.3) is 27.1 Å². The van der Waals surface area contributed by atoms with Crippen molar-refractivity contribution in [1.82, 2.24) is 0 Å². The van der Waals surface area contributed by atoms with E-state index in [2.05, 4.69) is 97.1 Å². The summed E-state index contributed by atoms with van der Waals surface area (Å²) in [7, 11) is 0. The molecule has 0 bridgehead atoms. The third-order valence-electron chi connectivity index (χ3n) is 4.30. The van der Waals surface area contributed by atoms with Crippen LogP contribution in [0.5, 0.6) is 0 Å². The average Bonchev–Trinajstić information content (AvgIpc) is 3.31. The third-order valence-corrected chi connectivity index (χ3v) is 4.30. The fraction of sp³-hybridized carbons (Fsp3) is 0.0417. The summed E-state index contributed by atoms with van der Waals surface area (Å²) in [4.78, 5) is 0. The fourth-order valence-electron chi connectivity index (χ4n) is 3.12. The molecule has 4 aromatic rings. The van der Waals surface area contributed by atoms with E-state index in [0.717, 1.165) is 6.42 Å². The fourth-order valence-corrected chi connectivity index (χ4v) is 3.12. The van der Waals surface area contributed by atoms with Crippen molar-refractivity contribution >= 4 is 27.1 Å². The summed E-state index contributed by atoms with van der Waals surface area (Å²) in [5.41, 5.74) is 2.49. The predicted molar refractivity (Wildman–Crippen MR) is 104 cm³/mol. The van der Waals surface area contributed by atoms with E-state index in [1.807, 2.05) is 6.07 Å². The van der Waals surface area contributed by atoms with Gasteiger partial charge in [-0.1, -0.05) is 61.0 Å². The van der Waals surface area contributed by atoms with Gasteiger partial charge in [0.15, 0.2) is 0 Å². The van der Waals surface area contributed by atoms with Gasteiger partial charge < -0.3 is 24.8 Å². The molecule has 0 amide bonds. The molecule has 0 heterocycles. The van der Waals surface area contributed by atoms with Crippen LogP contribution in [0.3, 0.4) is 0 Å². The second-order valence-corrected chi connectivity index (χ2v) is 5.88. The average molecular weight is 469 g/mol. The van der Waals surface area contributed by atoms with E-state index in [4.69, 9.17) is 0 Å². The number of hydrogen-bond acceptors (Lipinski definition) is 0. The Hall–Kier alpha value is -1.53. The minimum Gasteiger partial charge on any atom is -1.00 e. The van der Waals surface area contributed by atoms with E-state index in [9.17, 15) is 0 Å². The molecular formula is C24H18Cl2Zr. The standard InChI is InChI=1S/C13H9.C11H9.2ClH.Zr/c1-3-7-12-10(5-1)9-11-6-2-4-8-13(11)12;1-2-6-10(7-3-1)11-8-4-5-9-11;;;/h1-9H;1-4,6-8H,5H2;2*1H;/q2*-1;;;+4/p-2.